The van der Waals surface area contributed by atoms with E-state index in [1.54, 1.807) is 38.1 Å². The lowest BCUT2D eigenvalue weighted by Crippen LogP contribution is -2.52. The molecule has 3 rings (SSSR count). The van der Waals surface area contributed by atoms with Gasteiger partial charge in [-0.15, -0.1) is 0 Å². The summed E-state index contributed by atoms with van der Waals surface area (Å²) in [6.45, 7) is 8.73. The summed E-state index contributed by atoms with van der Waals surface area (Å²) in [5.41, 5.74) is 2.92. The molecule has 0 aliphatic carbocycles. The molecule has 1 N–H and O–H groups in total. The highest BCUT2D eigenvalue weighted by Gasteiger charge is 2.33. The van der Waals surface area contributed by atoms with E-state index in [4.69, 9.17) is 11.6 Å². The molecule has 38 heavy (non-hydrogen) atoms. The van der Waals surface area contributed by atoms with Crippen molar-refractivity contribution in [2.24, 2.45) is 0 Å². The van der Waals surface area contributed by atoms with Crippen LogP contribution in [0.5, 0.6) is 0 Å². The maximum Gasteiger partial charge on any atom is 0.264 e. The molecular weight excluding hydrogens is 522 g/mol. The molecule has 0 bridgehead atoms. The molecule has 0 fully saturated rings. The Labute approximate surface area is 230 Å². The van der Waals surface area contributed by atoms with Crippen LogP contribution < -0.4 is 9.62 Å². The molecule has 0 aliphatic rings. The third-order valence-electron chi connectivity index (χ3n) is 6.10. The fourth-order valence-corrected chi connectivity index (χ4v) is 5.69. The van der Waals surface area contributed by atoms with Crippen molar-refractivity contribution in [1.29, 1.82) is 0 Å². The van der Waals surface area contributed by atoms with Crippen LogP contribution in [0, 0.1) is 13.8 Å². The van der Waals surface area contributed by atoms with Crippen molar-refractivity contribution in [3.05, 3.63) is 94.5 Å². The Morgan fingerprint density at radius 2 is 1.58 bits per heavy atom. The fourth-order valence-electron chi connectivity index (χ4n) is 4.09. The number of hydrogen-bond donors (Lipinski definition) is 1. The van der Waals surface area contributed by atoms with Crippen molar-refractivity contribution in [1.82, 2.24) is 10.2 Å². The molecule has 9 heteroatoms. The first kappa shape index (κ1) is 29.2. The van der Waals surface area contributed by atoms with Gasteiger partial charge in [0.1, 0.15) is 12.6 Å². The third kappa shape index (κ3) is 7.14. The number of nitrogens with zero attached hydrogens (tertiary/aromatic N) is 2. The molecule has 202 valence electrons. The van der Waals surface area contributed by atoms with Crippen LogP contribution >= 0.6 is 11.6 Å². The molecule has 7 nitrogen and oxygen atoms in total. The first-order valence-electron chi connectivity index (χ1n) is 12.4. The quantitative estimate of drug-likeness (QED) is 0.377. The Bertz CT molecular complexity index is 1390. The average molecular weight is 556 g/mol. The SMILES string of the molecule is Cc1cccc(CN(C(=O)CN(c2ccccc2C)S(=O)(=O)c2ccc(Cl)cc2)[C@@H](C)C(=O)NC(C)C)c1. The zero-order chi connectivity index (χ0) is 28.0. The van der Waals surface area contributed by atoms with Gasteiger partial charge in [-0.1, -0.05) is 59.6 Å². The van der Waals surface area contributed by atoms with E-state index in [1.165, 1.54) is 29.2 Å². The summed E-state index contributed by atoms with van der Waals surface area (Å²) >= 11 is 5.99. The largest absolute Gasteiger partial charge is 0.352 e. The number of aryl methyl sites for hydroxylation is 2. The van der Waals surface area contributed by atoms with Crippen molar-refractivity contribution in [3.8, 4) is 0 Å². The minimum absolute atomic E-state index is 0.00814. The number of nitrogens with one attached hydrogen (secondary N) is 1. The first-order chi connectivity index (χ1) is 17.9. The van der Waals surface area contributed by atoms with Crippen molar-refractivity contribution < 1.29 is 18.0 Å². The van der Waals surface area contributed by atoms with Gasteiger partial charge in [-0.2, -0.15) is 0 Å². The van der Waals surface area contributed by atoms with E-state index in [9.17, 15) is 18.0 Å². The molecule has 0 saturated carbocycles. The highest BCUT2D eigenvalue weighted by molar-refractivity contribution is 7.92. The molecule has 0 saturated heterocycles. The molecule has 0 heterocycles. The predicted molar refractivity (Wildman–Crippen MR) is 152 cm³/mol. The van der Waals surface area contributed by atoms with Crippen LogP contribution in [0.15, 0.2) is 77.7 Å². The summed E-state index contributed by atoms with van der Waals surface area (Å²) in [5.74, 6) is -0.817. The summed E-state index contributed by atoms with van der Waals surface area (Å²) in [7, 11) is -4.14. The minimum atomic E-state index is -4.14. The lowest BCUT2D eigenvalue weighted by atomic mass is 10.1. The number of carbonyl (C=O) groups excluding carboxylic acids is 2. The number of rotatable bonds is 10. The normalized spacial score (nSPS) is 12.2. The van der Waals surface area contributed by atoms with E-state index in [0.717, 1.165) is 15.4 Å². The van der Waals surface area contributed by atoms with Gasteiger partial charge in [0.05, 0.1) is 10.6 Å². The first-order valence-corrected chi connectivity index (χ1v) is 14.2. The van der Waals surface area contributed by atoms with E-state index in [-0.39, 0.29) is 23.4 Å². The molecular formula is C29H34ClN3O4S. The smallest absolute Gasteiger partial charge is 0.264 e. The number of amides is 2. The van der Waals surface area contributed by atoms with Crippen LogP contribution in [0.3, 0.4) is 0 Å². The minimum Gasteiger partial charge on any atom is -0.352 e. The summed E-state index contributed by atoms with van der Waals surface area (Å²) in [5, 5.41) is 3.25. The van der Waals surface area contributed by atoms with Crippen LogP contribution in [0.2, 0.25) is 5.02 Å². The van der Waals surface area contributed by atoms with Gasteiger partial charge in [0.2, 0.25) is 11.8 Å². The molecule has 3 aromatic carbocycles. The van der Waals surface area contributed by atoms with Gasteiger partial charge in [-0.3, -0.25) is 13.9 Å². The Hall–Kier alpha value is -3.36. The maximum absolute atomic E-state index is 13.9. The summed E-state index contributed by atoms with van der Waals surface area (Å²) < 4.78 is 28.8. The summed E-state index contributed by atoms with van der Waals surface area (Å²) in [6, 6.07) is 19.5. The van der Waals surface area contributed by atoms with Gasteiger partial charge in [-0.05, 0) is 76.1 Å². The molecule has 3 aromatic rings. The lowest BCUT2D eigenvalue weighted by Gasteiger charge is -2.32. The van der Waals surface area contributed by atoms with Crippen LogP contribution in [-0.2, 0) is 26.2 Å². The molecule has 0 aliphatic heterocycles. The number of carbonyl (C=O) groups is 2. The molecule has 0 aromatic heterocycles. The number of anilines is 1. The molecule has 1 atom stereocenters. The fraction of sp³-hybridized carbons (Fsp3) is 0.310. The lowest BCUT2D eigenvalue weighted by molar-refractivity contribution is -0.139. The standard InChI is InChI=1S/C29H34ClN3O4S/c1-20(2)31-29(35)23(5)32(18-24-11-8-9-21(3)17-24)28(34)19-33(27-12-7-6-10-22(27)4)38(36,37)26-15-13-25(30)14-16-26/h6-17,20,23H,18-19H2,1-5H3,(H,31,35)/t23-/m0/s1. The van der Waals surface area contributed by atoms with Gasteiger partial charge >= 0.3 is 0 Å². The van der Waals surface area contributed by atoms with Crippen LogP contribution in [0.4, 0.5) is 5.69 Å². The topological polar surface area (TPSA) is 86.8 Å². The van der Waals surface area contributed by atoms with Crippen molar-refractivity contribution in [2.45, 2.75) is 58.1 Å². The molecule has 0 spiro atoms. The van der Waals surface area contributed by atoms with Crippen LogP contribution in [0.1, 0.15) is 37.5 Å². The summed E-state index contributed by atoms with van der Waals surface area (Å²) in [4.78, 5) is 28.3. The molecule has 0 radical (unpaired) electrons. The van der Waals surface area contributed by atoms with E-state index in [0.29, 0.717) is 16.3 Å². The Balaban J connectivity index is 2.05. The van der Waals surface area contributed by atoms with E-state index in [1.807, 2.05) is 45.0 Å². The highest BCUT2D eigenvalue weighted by Crippen LogP contribution is 2.28. The average Bonchev–Trinajstić information content (AvgIpc) is 2.85. The number of hydrogen-bond acceptors (Lipinski definition) is 4. The number of sulfonamides is 1. The van der Waals surface area contributed by atoms with Crippen molar-refractivity contribution >= 4 is 39.1 Å². The number of para-hydroxylation sites is 1. The zero-order valence-corrected chi connectivity index (χ0v) is 23.9. The Morgan fingerprint density at radius 1 is 0.921 bits per heavy atom. The van der Waals surface area contributed by atoms with E-state index < -0.39 is 28.5 Å². The Morgan fingerprint density at radius 3 is 2.18 bits per heavy atom. The second kappa shape index (κ2) is 12.5. The van der Waals surface area contributed by atoms with Crippen molar-refractivity contribution in [3.63, 3.8) is 0 Å². The summed E-state index contributed by atoms with van der Waals surface area (Å²) in [6.07, 6.45) is 0. The monoisotopic (exact) mass is 555 g/mol. The van der Waals surface area contributed by atoms with Crippen LogP contribution in [0.25, 0.3) is 0 Å². The van der Waals surface area contributed by atoms with E-state index in [2.05, 4.69) is 5.32 Å². The van der Waals surface area contributed by atoms with Gasteiger partial charge in [0.15, 0.2) is 0 Å². The molecule has 0 unspecified atom stereocenters. The van der Waals surface area contributed by atoms with Crippen molar-refractivity contribution in [2.75, 3.05) is 10.8 Å². The second-order valence-corrected chi connectivity index (χ2v) is 11.9. The Kier molecular flexibility index (Phi) is 9.57. The van der Waals surface area contributed by atoms with E-state index >= 15 is 0 Å². The van der Waals surface area contributed by atoms with Gasteiger partial charge < -0.3 is 10.2 Å². The van der Waals surface area contributed by atoms with Crippen LogP contribution in [-0.4, -0.2) is 43.8 Å². The number of benzene rings is 3. The zero-order valence-electron chi connectivity index (χ0n) is 22.3. The third-order valence-corrected chi connectivity index (χ3v) is 8.12. The van der Waals surface area contributed by atoms with Gasteiger partial charge in [-0.25, -0.2) is 8.42 Å². The molecule has 2 amide bonds. The second-order valence-electron chi connectivity index (χ2n) is 9.60. The number of halogens is 1. The maximum atomic E-state index is 13.9. The van der Waals surface area contributed by atoms with Gasteiger partial charge in [0, 0.05) is 17.6 Å². The highest BCUT2D eigenvalue weighted by atomic mass is 35.5. The van der Waals surface area contributed by atoms with Gasteiger partial charge in [0.25, 0.3) is 10.0 Å². The predicted octanol–water partition coefficient (Wildman–Crippen LogP) is 5.09.